The van der Waals surface area contributed by atoms with Gasteiger partial charge in [-0.3, -0.25) is 0 Å². The Bertz CT molecular complexity index is 460. The van der Waals surface area contributed by atoms with Gasteiger partial charge in [-0.25, -0.2) is 0 Å². The number of rotatable bonds is 8. The van der Waals surface area contributed by atoms with Crippen LogP contribution in [0.15, 0.2) is 24.3 Å². The molecule has 0 saturated heterocycles. The Labute approximate surface area is 147 Å². The number of benzene rings is 1. The fraction of sp³-hybridized carbons (Fsp3) is 0.684. The Morgan fingerprint density at radius 2 is 1.87 bits per heavy atom. The van der Waals surface area contributed by atoms with Gasteiger partial charge in [-0.05, 0) is 0 Å². The Hall–Kier alpha value is -0.381. The van der Waals surface area contributed by atoms with Crippen LogP contribution in [0.1, 0.15) is 50.6 Å². The van der Waals surface area contributed by atoms with Crippen molar-refractivity contribution < 1.29 is 9.47 Å². The summed E-state index contributed by atoms with van der Waals surface area (Å²) < 4.78 is 13.3. The van der Waals surface area contributed by atoms with Crippen LogP contribution < -0.4 is 4.46 Å². The first-order valence-corrected chi connectivity index (χ1v) is 10.7. The van der Waals surface area contributed by atoms with Crippen LogP contribution in [0.2, 0.25) is 5.32 Å². The molecule has 1 saturated carbocycles. The van der Waals surface area contributed by atoms with Gasteiger partial charge in [0.25, 0.3) is 0 Å². The second kappa shape index (κ2) is 9.80. The van der Waals surface area contributed by atoms with Gasteiger partial charge in [0.15, 0.2) is 0 Å². The minimum atomic E-state index is -0.0548. The molecule has 2 atom stereocenters. The van der Waals surface area contributed by atoms with Gasteiger partial charge < -0.3 is 0 Å². The summed E-state index contributed by atoms with van der Waals surface area (Å²) in [5, 5.41) is 0.983. The molecule has 4 heteroatoms. The van der Waals surface area contributed by atoms with Crippen molar-refractivity contribution in [3.63, 3.8) is 0 Å². The van der Waals surface area contributed by atoms with E-state index in [1.165, 1.54) is 42.1 Å². The van der Waals surface area contributed by atoms with Crippen LogP contribution in [0, 0.1) is 0 Å². The molecular weight excluding hydrogens is 353 g/mol. The molecule has 2 rings (SSSR count). The molecular formula is C19H31NO2Se. The van der Waals surface area contributed by atoms with Gasteiger partial charge in [0, 0.05) is 0 Å². The van der Waals surface area contributed by atoms with Gasteiger partial charge in [-0.1, -0.05) is 0 Å². The summed E-state index contributed by atoms with van der Waals surface area (Å²) in [5.74, 6) is 0. The van der Waals surface area contributed by atoms with Crippen molar-refractivity contribution in [3.8, 4) is 0 Å². The summed E-state index contributed by atoms with van der Waals surface area (Å²) in [6.45, 7) is 2.27. The van der Waals surface area contributed by atoms with E-state index in [0.29, 0.717) is 27.1 Å². The Morgan fingerprint density at radius 1 is 1.17 bits per heavy atom. The minimum absolute atomic E-state index is 0.0548. The summed E-state index contributed by atoms with van der Waals surface area (Å²) in [5.41, 5.74) is 1.44. The maximum absolute atomic E-state index is 6.19. The first-order valence-electron chi connectivity index (χ1n) is 8.68. The van der Waals surface area contributed by atoms with Crippen molar-refractivity contribution in [2.45, 2.75) is 62.8 Å². The molecule has 23 heavy (non-hydrogen) atoms. The molecule has 0 spiro atoms. The van der Waals surface area contributed by atoms with Crippen LogP contribution >= 0.6 is 0 Å². The van der Waals surface area contributed by atoms with Gasteiger partial charge in [0.2, 0.25) is 0 Å². The molecule has 0 aromatic heterocycles. The molecule has 0 radical (unpaired) electrons. The van der Waals surface area contributed by atoms with E-state index < -0.39 is 0 Å². The molecule has 1 aliphatic rings. The molecule has 1 aromatic carbocycles. The second-order valence-electron chi connectivity index (χ2n) is 6.55. The normalized spacial score (nSPS) is 19.0. The third-order valence-electron chi connectivity index (χ3n) is 4.68. The second-order valence-corrected chi connectivity index (χ2v) is 8.78. The van der Waals surface area contributed by atoms with Gasteiger partial charge in [-0.2, -0.15) is 0 Å². The van der Waals surface area contributed by atoms with Crippen LogP contribution in [0.25, 0.3) is 0 Å². The van der Waals surface area contributed by atoms with E-state index in [9.17, 15) is 0 Å². The Kier molecular flexibility index (Phi) is 8.08. The predicted octanol–water partition coefficient (Wildman–Crippen LogP) is 3.38. The van der Waals surface area contributed by atoms with Crippen molar-refractivity contribution in [1.82, 2.24) is 4.90 Å². The quantitative estimate of drug-likeness (QED) is 0.507. The van der Waals surface area contributed by atoms with E-state index in [2.05, 4.69) is 50.2 Å². The summed E-state index contributed by atoms with van der Waals surface area (Å²) in [4.78, 5) is 2.27. The summed E-state index contributed by atoms with van der Waals surface area (Å²) in [7, 11) is 6.05. The summed E-state index contributed by atoms with van der Waals surface area (Å²) >= 11 is 0.371. The molecule has 1 aliphatic carbocycles. The average Bonchev–Trinajstić information content (AvgIpc) is 2.59. The van der Waals surface area contributed by atoms with Crippen molar-refractivity contribution in [3.05, 3.63) is 29.8 Å². The van der Waals surface area contributed by atoms with Crippen LogP contribution in [0.5, 0.6) is 0 Å². The zero-order valence-corrected chi connectivity index (χ0v) is 16.7. The Morgan fingerprint density at radius 3 is 2.52 bits per heavy atom. The standard InChI is InChI=1S/C19H31NO2Se/c1-15(20(2)3)17-12-8-9-13-18(17)23-14-19(21-4)22-16-10-6-5-7-11-16/h8-9,12-13,15-16,19H,5-7,10-11,14H2,1-4H3/t15-,19-/m1/s1. The molecule has 0 bridgehead atoms. The SMILES string of the molecule is CO[C@@H](C[Se]c1ccccc1[C@@H](C)N(C)C)OC1CCCCC1. The van der Waals surface area contributed by atoms with Crippen molar-refractivity contribution >= 4 is 19.4 Å². The van der Waals surface area contributed by atoms with E-state index in [1.807, 2.05) is 0 Å². The fourth-order valence-electron chi connectivity index (χ4n) is 2.97. The predicted molar refractivity (Wildman–Crippen MR) is 97.5 cm³/mol. The van der Waals surface area contributed by atoms with E-state index in [0.717, 1.165) is 5.32 Å². The van der Waals surface area contributed by atoms with Crippen LogP contribution in [-0.4, -0.2) is 53.5 Å². The van der Waals surface area contributed by atoms with E-state index >= 15 is 0 Å². The topological polar surface area (TPSA) is 21.7 Å². The van der Waals surface area contributed by atoms with Crippen LogP contribution in [0.4, 0.5) is 0 Å². The number of nitrogens with zero attached hydrogens (tertiary/aromatic N) is 1. The number of hydrogen-bond donors (Lipinski definition) is 0. The third kappa shape index (κ3) is 5.88. The molecule has 0 unspecified atom stereocenters. The fourth-order valence-corrected chi connectivity index (χ4v) is 5.30. The maximum atomic E-state index is 6.19. The molecule has 3 nitrogen and oxygen atoms in total. The first kappa shape index (κ1) is 19.0. The number of hydrogen-bond acceptors (Lipinski definition) is 3. The monoisotopic (exact) mass is 385 g/mol. The molecule has 130 valence electrons. The molecule has 0 amide bonds. The van der Waals surface area contributed by atoms with Crippen molar-refractivity contribution in [2.24, 2.45) is 0 Å². The Balaban J connectivity index is 1.93. The molecule has 1 fully saturated rings. The van der Waals surface area contributed by atoms with E-state index in [4.69, 9.17) is 9.47 Å². The van der Waals surface area contributed by atoms with Gasteiger partial charge in [0.05, 0.1) is 0 Å². The van der Waals surface area contributed by atoms with Crippen molar-refractivity contribution in [1.29, 1.82) is 0 Å². The molecule has 0 heterocycles. The summed E-state index contributed by atoms with van der Waals surface area (Å²) in [6, 6.07) is 9.25. The van der Waals surface area contributed by atoms with Crippen LogP contribution in [-0.2, 0) is 9.47 Å². The van der Waals surface area contributed by atoms with E-state index in [1.54, 1.807) is 7.11 Å². The van der Waals surface area contributed by atoms with Gasteiger partial charge in [-0.15, -0.1) is 0 Å². The molecule has 1 aromatic rings. The van der Waals surface area contributed by atoms with Gasteiger partial charge in [0.1, 0.15) is 0 Å². The number of ether oxygens (including phenoxy) is 2. The van der Waals surface area contributed by atoms with E-state index in [-0.39, 0.29) is 6.29 Å². The third-order valence-corrected chi connectivity index (χ3v) is 7.03. The summed E-state index contributed by atoms with van der Waals surface area (Å²) in [6.07, 6.45) is 6.70. The number of methoxy groups -OCH3 is 1. The zero-order valence-electron chi connectivity index (χ0n) is 15.0. The average molecular weight is 384 g/mol. The first-order chi connectivity index (χ1) is 11.1. The molecule has 0 N–H and O–H groups in total. The zero-order chi connectivity index (χ0) is 16.7. The molecule has 0 aliphatic heterocycles. The van der Waals surface area contributed by atoms with Crippen molar-refractivity contribution in [2.75, 3.05) is 21.2 Å². The van der Waals surface area contributed by atoms with Crippen LogP contribution in [0.3, 0.4) is 0 Å². The van der Waals surface area contributed by atoms with Gasteiger partial charge >= 0.3 is 148 Å².